The van der Waals surface area contributed by atoms with Crippen molar-refractivity contribution in [3.05, 3.63) is 11.6 Å². The van der Waals surface area contributed by atoms with Gasteiger partial charge in [-0.05, 0) is 137 Å². The largest absolute Gasteiger partial charge is 0.309 e. The van der Waals surface area contributed by atoms with Gasteiger partial charge in [0.15, 0.2) is 0 Å². The van der Waals surface area contributed by atoms with Crippen molar-refractivity contribution in [1.82, 2.24) is 4.90 Å². The predicted molar refractivity (Wildman–Crippen MR) is 169 cm³/mol. The molecule has 3 heteroatoms. The Morgan fingerprint density at radius 3 is 2.49 bits per heavy atom. The topological polar surface area (TPSA) is 3.24 Å². The van der Waals surface area contributed by atoms with E-state index in [1.54, 1.807) is 0 Å². The lowest BCUT2D eigenvalue weighted by Gasteiger charge is -2.58. The molecule has 37 heavy (non-hydrogen) atoms. The zero-order chi connectivity index (χ0) is 26.8. The molecule has 0 spiro atoms. The Morgan fingerprint density at radius 1 is 1.00 bits per heavy atom. The van der Waals surface area contributed by atoms with Crippen LogP contribution in [0.1, 0.15) is 119 Å². The van der Waals surface area contributed by atoms with Gasteiger partial charge in [0.05, 0.1) is 0 Å². The third-order valence-corrected chi connectivity index (χ3v) is 15.3. The van der Waals surface area contributed by atoms with Crippen molar-refractivity contribution >= 4 is 21.6 Å². The van der Waals surface area contributed by atoms with E-state index < -0.39 is 0 Å². The van der Waals surface area contributed by atoms with Gasteiger partial charge in [-0.3, -0.25) is 0 Å². The fourth-order valence-electron chi connectivity index (χ4n) is 9.96. The van der Waals surface area contributed by atoms with Gasteiger partial charge in [-0.2, -0.15) is 0 Å². The van der Waals surface area contributed by atoms with Crippen LogP contribution in [0.15, 0.2) is 11.6 Å². The monoisotopic (exact) mass is 547 g/mol. The summed E-state index contributed by atoms with van der Waals surface area (Å²) < 4.78 is 0. The Bertz CT molecular complexity index is 761. The van der Waals surface area contributed by atoms with Crippen molar-refractivity contribution in [2.24, 2.45) is 52.3 Å². The second-order valence-corrected chi connectivity index (χ2v) is 17.7. The summed E-state index contributed by atoms with van der Waals surface area (Å²) in [4.78, 5) is 2.32. The van der Waals surface area contributed by atoms with Crippen molar-refractivity contribution in [3.63, 3.8) is 0 Å². The van der Waals surface area contributed by atoms with Gasteiger partial charge in [0.1, 0.15) is 0 Å². The standard InChI is InChI=1S/C34H61NS2/c1-9-26(24(2)3)12-11-25(4)30-15-16-31-29-14-13-27-23-28(37-36-22-10-21-35(7)8)17-19-33(27,5)32(29)18-20-34(30,31)6/h13,24-26,28-32H,9-12,14-23H2,1-8H3/t25-,26?,28?,29+,30-,31?,32+,33+,34-/m1/s1. The maximum absolute atomic E-state index is 2.79. The average molecular weight is 548 g/mol. The van der Waals surface area contributed by atoms with Gasteiger partial charge >= 0.3 is 0 Å². The minimum Gasteiger partial charge on any atom is -0.309 e. The zero-order valence-corrected chi connectivity index (χ0v) is 27.5. The van der Waals surface area contributed by atoms with Crippen LogP contribution < -0.4 is 0 Å². The van der Waals surface area contributed by atoms with E-state index in [9.17, 15) is 0 Å². The molecule has 0 aromatic heterocycles. The molecule has 0 amide bonds. The van der Waals surface area contributed by atoms with Gasteiger partial charge < -0.3 is 4.90 Å². The summed E-state index contributed by atoms with van der Waals surface area (Å²) in [6, 6.07) is 0. The maximum atomic E-state index is 2.79. The summed E-state index contributed by atoms with van der Waals surface area (Å²) in [5.74, 6) is 7.87. The second-order valence-electron chi connectivity index (χ2n) is 14.9. The number of rotatable bonds is 12. The molecule has 0 heterocycles. The Labute approximate surface area is 239 Å². The van der Waals surface area contributed by atoms with Gasteiger partial charge in [0.25, 0.3) is 0 Å². The van der Waals surface area contributed by atoms with Crippen LogP contribution in [0.4, 0.5) is 0 Å². The minimum absolute atomic E-state index is 0.506. The normalized spacial score (nSPS) is 39.2. The Balaban J connectivity index is 1.35. The molecule has 3 fully saturated rings. The summed E-state index contributed by atoms with van der Waals surface area (Å²) in [7, 11) is 8.75. The predicted octanol–water partition coefficient (Wildman–Crippen LogP) is 10.4. The molecule has 214 valence electrons. The SMILES string of the molecule is CCC(CC[C@@H](C)[C@H]1CCC2[C@@H]3CC=C4CC(SSCCCN(C)C)CC[C@]4(C)[C@H]3CC[C@@]21C)C(C)C. The number of nitrogens with zero attached hydrogens (tertiary/aromatic N) is 1. The van der Waals surface area contributed by atoms with Crippen LogP contribution in [0.5, 0.6) is 0 Å². The molecule has 4 aliphatic rings. The van der Waals surface area contributed by atoms with Gasteiger partial charge in [-0.25, -0.2) is 0 Å². The summed E-state index contributed by atoms with van der Waals surface area (Å²) in [6.45, 7) is 16.6. The first-order chi connectivity index (χ1) is 17.6. The molecule has 0 aromatic carbocycles. The second kappa shape index (κ2) is 12.9. The highest BCUT2D eigenvalue weighted by atomic mass is 33.1. The summed E-state index contributed by atoms with van der Waals surface area (Å²) in [5, 5.41) is 0.851. The Morgan fingerprint density at radius 2 is 1.78 bits per heavy atom. The molecule has 9 atom stereocenters. The number of hydrogen-bond acceptors (Lipinski definition) is 3. The molecular weight excluding hydrogens is 487 g/mol. The molecule has 0 N–H and O–H groups in total. The molecule has 4 rings (SSSR count). The van der Waals surface area contributed by atoms with Crippen LogP contribution >= 0.6 is 21.6 Å². The first kappa shape index (κ1) is 30.4. The van der Waals surface area contributed by atoms with Gasteiger partial charge in [0.2, 0.25) is 0 Å². The van der Waals surface area contributed by atoms with Crippen LogP contribution in [0.3, 0.4) is 0 Å². The maximum Gasteiger partial charge on any atom is 0.0189 e. The van der Waals surface area contributed by atoms with Crippen molar-refractivity contribution in [1.29, 1.82) is 0 Å². The third-order valence-electron chi connectivity index (χ3n) is 12.3. The molecule has 0 aromatic rings. The van der Waals surface area contributed by atoms with Gasteiger partial charge in [-0.15, -0.1) is 0 Å². The van der Waals surface area contributed by atoms with E-state index in [0.29, 0.717) is 10.8 Å². The van der Waals surface area contributed by atoms with E-state index in [1.165, 1.54) is 89.3 Å². The van der Waals surface area contributed by atoms with Crippen molar-refractivity contribution in [2.75, 3.05) is 26.4 Å². The van der Waals surface area contributed by atoms with Crippen LogP contribution in [0.25, 0.3) is 0 Å². The van der Waals surface area contributed by atoms with E-state index in [-0.39, 0.29) is 0 Å². The number of fused-ring (bicyclic) bond motifs is 5. The fraction of sp³-hybridized carbons (Fsp3) is 0.941. The molecule has 4 aliphatic carbocycles. The molecule has 0 saturated heterocycles. The first-order valence-electron chi connectivity index (χ1n) is 16.2. The molecular formula is C34H61NS2. The molecule has 0 aliphatic heterocycles. The van der Waals surface area contributed by atoms with E-state index >= 15 is 0 Å². The highest BCUT2D eigenvalue weighted by Gasteiger charge is 2.59. The lowest BCUT2D eigenvalue weighted by molar-refractivity contribution is -0.0500. The lowest BCUT2D eigenvalue weighted by atomic mass is 9.47. The summed E-state index contributed by atoms with van der Waals surface area (Å²) >= 11 is 0. The number of hydrogen-bond donors (Lipinski definition) is 0. The third kappa shape index (κ3) is 6.50. The summed E-state index contributed by atoms with van der Waals surface area (Å²) in [5.41, 5.74) is 2.99. The molecule has 0 radical (unpaired) electrons. The minimum atomic E-state index is 0.506. The van der Waals surface area contributed by atoms with Crippen LogP contribution in [-0.4, -0.2) is 36.5 Å². The van der Waals surface area contributed by atoms with Gasteiger partial charge in [0, 0.05) is 11.0 Å². The fourth-order valence-corrected chi connectivity index (χ4v) is 12.7. The lowest BCUT2D eigenvalue weighted by Crippen LogP contribution is -2.50. The zero-order valence-electron chi connectivity index (χ0n) is 25.9. The van der Waals surface area contributed by atoms with Gasteiger partial charge in [-0.1, -0.05) is 87.6 Å². The Kier molecular flexibility index (Phi) is 10.6. The van der Waals surface area contributed by atoms with Crippen molar-refractivity contribution in [3.8, 4) is 0 Å². The van der Waals surface area contributed by atoms with Crippen LogP contribution in [0, 0.1) is 52.3 Å². The highest BCUT2D eigenvalue weighted by Crippen LogP contribution is 2.67. The van der Waals surface area contributed by atoms with Crippen LogP contribution in [0.2, 0.25) is 0 Å². The van der Waals surface area contributed by atoms with E-state index in [2.05, 4.69) is 88.2 Å². The smallest absolute Gasteiger partial charge is 0.0189 e. The van der Waals surface area contributed by atoms with Crippen molar-refractivity contribution in [2.45, 2.75) is 124 Å². The van der Waals surface area contributed by atoms with E-state index in [4.69, 9.17) is 0 Å². The van der Waals surface area contributed by atoms with E-state index in [1.807, 2.05) is 5.57 Å². The Hall–Kier alpha value is 0.400. The molecule has 1 nitrogen and oxygen atoms in total. The molecule has 3 saturated carbocycles. The van der Waals surface area contributed by atoms with Crippen LogP contribution in [-0.2, 0) is 0 Å². The molecule has 0 bridgehead atoms. The average Bonchev–Trinajstić information content (AvgIpc) is 3.21. The number of allylic oxidation sites excluding steroid dienone is 2. The van der Waals surface area contributed by atoms with Crippen molar-refractivity contribution < 1.29 is 0 Å². The van der Waals surface area contributed by atoms with E-state index in [0.717, 1.165) is 46.7 Å². The first-order valence-corrected chi connectivity index (χ1v) is 18.6. The molecule has 3 unspecified atom stereocenters. The highest BCUT2D eigenvalue weighted by molar-refractivity contribution is 8.76. The summed E-state index contributed by atoms with van der Waals surface area (Å²) in [6.07, 6.45) is 20.1. The quantitative estimate of drug-likeness (QED) is 0.136.